The van der Waals surface area contributed by atoms with Gasteiger partial charge in [0.1, 0.15) is 0 Å². The van der Waals surface area contributed by atoms with Crippen LogP contribution in [0.3, 0.4) is 0 Å². The molecule has 0 bridgehead atoms. The van der Waals surface area contributed by atoms with E-state index < -0.39 is 0 Å². The molecule has 1 radical (unpaired) electrons. The SMILES string of the molecule is CC(C)(C)CC(C)(C)c1ccc([O-])c(Sc2cc(C(C)(C)CC(C)(C)C)ccc2[O-])c1.[NH-]C1CCCCC1.[Ni+3]. The Kier molecular flexibility index (Phi) is 13.0. The van der Waals surface area contributed by atoms with Crippen LogP contribution >= 0.6 is 11.8 Å². The van der Waals surface area contributed by atoms with Gasteiger partial charge in [-0.2, -0.15) is 0 Å². The van der Waals surface area contributed by atoms with E-state index in [0.717, 1.165) is 36.8 Å². The van der Waals surface area contributed by atoms with Crippen LogP contribution < -0.4 is 10.2 Å². The zero-order chi connectivity index (χ0) is 28.9. The van der Waals surface area contributed by atoms with Gasteiger partial charge in [0, 0.05) is 9.79 Å². The van der Waals surface area contributed by atoms with Crippen molar-refractivity contribution in [3.8, 4) is 11.5 Å². The van der Waals surface area contributed by atoms with Gasteiger partial charge in [0.15, 0.2) is 0 Å². The van der Waals surface area contributed by atoms with Crippen LogP contribution in [-0.4, -0.2) is 6.04 Å². The van der Waals surface area contributed by atoms with E-state index in [1.54, 1.807) is 12.1 Å². The quantitative estimate of drug-likeness (QED) is 0.311. The Hall–Kier alpha value is -1.16. The van der Waals surface area contributed by atoms with Crippen LogP contribution in [0.1, 0.15) is 125 Å². The third-order valence-electron chi connectivity index (χ3n) is 7.22. The summed E-state index contributed by atoms with van der Waals surface area (Å²) >= 11 is 1.31. The van der Waals surface area contributed by atoms with Crippen LogP contribution in [0.4, 0.5) is 0 Å². The molecular formula is C34H52NNiO2S. The van der Waals surface area contributed by atoms with Crippen LogP contribution in [-0.2, 0) is 27.3 Å². The van der Waals surface area contributed by atoms with E-state index >= 15 is 0 Å². The minimum atomic E-state index is -0.0574. The fourth-order valence-corrected chi connectivity index (χ4v) is 7.04. The molecule has 1 aliphatic rings. The largest absolute Gasteiger partial charge is 3.00 e. The summed E-state index contributed by atoms with van der Waals surface area (Å²) in [5.74, 6) is -0.0573. The van der Waals surface area contributed by atoms with Crippen LogP contribution in [0.15, 0.2) is 46.2 Å². The molecule has 0 heterocycles. The first kappa shape index (κ1) is 35.9. The molecule has 1 N–H and O–H groups in total. The van der Waals surface area contributed by atoms with Crippen molar-refractivity contribution in [2.45, 2.75) is 141 Å². The monoisotopic (exact) mass is 596 g/mol. The Morgan fingerprint density at radius 2 is 1.03 bits per heavy atom. The van der Waals surface area contributed by atoms with Gasteiger partial charge in [-0.05, 0) is 57.8 Å². The zero-order valence-electron chi connectivity index (χ0n) is 26.0. The van der Waals surface area contributed by atoms with E-state index in [1.165, 1.54) is 31.0 Å². The van der Waals surface area contributed by atoms with Crippen molar-refractivity contribution in [2.75, 3.05) is 0 Å². The Morgan fingerprint density at radius 3 is 1.31 bits per heavy atom. The molecule has 1 aliphatic carbocycles. The van der Waals surface area contributed by atoms with Crippen LogP contribution in [0.5, 0.6) is 11.5 Å². The van der Waals surface area contributed by atoms with Crippen molar-refractivity contribution < 1.29 is 26.7 Å². The maximum atomic E-state index is 12.6. The van der Waals surface area contributed by atoms with Crippen molar-refractivity contribution in [1.82, 2.24) is 0 Å². The predicted octanol–water partition coefficient (Wildman–Crippen LogP) is 9.78. The van der Waals surface area contributed by atoms with Crippen LogP contribution in [0, 0.1) is 10.8 Å². The summed E-state index contributed by atoms with van der Waals surface area (Å²) in [6.45, 7) is 22.3. The van der Waals surface area contributed by atoms with Crippen molar-refractivity contribution >= 4 is 11.8 Å². The molecule has 5 heteroatoms. The second kappa shape index (κ2) is 14.1. The fraction of sp³-hybridized carbons (Fsp3) is 0.647. The summed E-state index contributed by atoms with van der Waals surface area (Å²) in [5.41, 5.74) is 9.80. The first-order chi connectivity index (χ1) is 17.3. The van der Waals surface area contributed by atoms with Gasteiger partial charge < -0.3 is 15.9 Å². The minimum absolute atomic E-state index is 0. The summed E-state index contributed by atoms with van der Waals surface area (Å²) in [6.07, 6.45) is 8.29. The van der Waals surface area contributed by atoms with Gasteiger partial charge in [-0.1, -0.05) is 149 Å². The maximum Gasteiger partial charge on any atom is 3.00 e. The molecular weight excluding hydrogens is 545 g/mol. The molecule has 0 aliphatic heterocycles. The van der Waals surface area contributed by atoms with E-state index in [9.17, 15) is 10.2 Å². The molecule has 1 fully saturated rings. The third kappa shape index (κ3) is 12.1. The number of nitrogens with one attached hydrogen (secondary N) is 1. The Balaban J connectivity index is 0.000000823. The minimum Gasteiger partial charge on any atom is -0.872 e. The normalized spacial score (nSPS) is 15.3. The molecule has 1 saturated carbocycles. The van der Waals surface area contributed by atoms with Gasteiger partial charge >= 0.3 is 16.5 Å². The Morgan fingerprint density at radius 1 is 0.667 bits per heavy atom. The Bertz CT molecular complexity index is 969. The molecule has 221 valence electrons. The van der Waals surface area contributed by atoms with Gasteiger partial charge in [-0.3, -0.25) is 0 Å². The van der Waals surface area contributed by atoms with Crippen molar-refractivity contribution in [1.29, 1.82) is 0 Å². The van der Waals surface area contributed by atoms with E-state index in [-0.39, 0.29) is 55.7 Å². The Labute approximate surface area is 254 Å². The molecule has 0 unspecified atom stereocenters. The summed E-state index contributed by atoms with van der Waals surface area (Å²) in [5, 5.41) is 25.3. The first-order valence-corrected chi connectivity index (χ1v) is 15.1. The molecule has 3 rings (SSSR count). The molecule has 0 saturated heterocycles. The maximum absolute atomic E-state index is 12.6. The van der Waals surface area contributed by atoms with Gasteiger partial charge in [0.25, 0.3) is 0 Å². The van der Waals surface area contributed by atoms with Gasteiger partial charge in [-0.15, -0.1) is 6.04 Å². The van der Waals surface area contributed by atoms with Crippen LogP contribution in [0.2, 0.25) is 0 Å². The van der Waals surface area contributed by atoms with Crippen molar-refractivity contribution in [2.24, 2.45) is 10.8 Å². The van der Waals surface area contributed by atoms with Crippen molar-refractivity contribution in [3.63, 3.8) is 0 Å². The van der Waals surface area contributed by atoms with Gasteiger partial charge in [0.2, 0.25) is 0 Å². The molecule has 3 nitrogen and oxygen atoms in total. The second-order valence-corrected chi connectivity index (χ2v) is 16.1. The molecule has 2 aromatic carbocycles. The molecule has 0 aromatic heterocycles. The first-order valence-electron chi connectivity index (χ1n) is 14.3. The van der Waals surface area contributed by atoms with E-state index in [0.29, 0.717) is 9.79 Å². The average molecular weight is 598 g/mol. The number of rotatable bonds is 6. The van der Waals surface area contributed by atoms with Crippen LogP contribution in [0.25, 0.3) is 5.73 Å². The number of benzene rings is 2. The molecule has 39 heavy (non-hydrogen) atoms. The van der Waals surface area contributed by atoms with Gasteiger partial charge in [-0.25, -0.2) is 0 Å². The summed E-state index contributed by atoms with van der Waals surface area (Å²) in [6, 6.07) is 11.5. The van der Waals surface area contributed by atoms with E-state index in [2.05, 4.69) is 69.2 Å². The molecule has 2 aromatic rings. The topological polar surface area (TPSA) is 69.9 Å². The van der Waals surface area contributed by atoms with E-state index in [4.69, 9.17) is 5.73 Å². The van der Waals surface area contributed by atoms with Crippen molar-refractivity contribution in [3.05, 3.63) is 53.3 Å². The van der Waals surface area contributed by atoms with Gasteiger partial charge in [0.05, 0.1) is 0 Å². The van der Waals surface area contributed by atoms with E-state index in [1.807, 2.05) is 24.3 Å². The zero-order valence-corrected chi connectivity index (χ0v) is 27.8. The molecule has 0 amide bonds. The number of hydrogen-bond acceptors (Lipinski definition) is 3. The average Bonchev–Trinajstić information content (AvgIpc) is 2.74. The summed E-state index contributed by atoms with van der Waals surface area (Å²) in [7, 11) is 0. The molecule has 0 spiro atoms. The number of hydrogen-bond donors (Lipinski definition) is 0. The fourth-order valence-electron chi connectivity index (χ4n) is 6.09. The smallest absolute Gasteiger partial charge is 0.872 e. The summed E-state index contributed by atoms with van der Waals surface area (Å²) in [4.78, 5) is 1.25. The third-order valence-corrected chi connectivity index (χ3v) is 8.30. The predicted molar refractivity (Wildman–Crippen MR) is 161 cm³/mol. The standard InChI is InChI=1S/C28H42O2S.C6H12N.Ni/c1-25(2,3)17-27(7,8)19-11-13-21(29)23(15-19)31-24-16-20(12-14-22(24)30)28(9,10)18-26(4,5)6;7-6-4-2-1-3-5-6;/h11-16,29-30H,17-18H2,1-10H3;6-7H,1-5H2;/q;-1;+3/p-2. The molecule has 0 atom stereocenters. The summed E-state index contributed by atoms with van der Waals surface area (Å²) < 4.78 is 0. The second-order valence-electron chi connectivity index (χ2n) is 15.0.